The zero-order valence-corrected chi connectivity index (χ0v) is 19.5. The molecule has 0 spiro atoms. The van der Waals surface area contributed by atoms with Crippen LogP contribution < -0.4 is 5.32 Å². The number of rotatable bonds is 7. The van der Waals surface area contributed by atoms with E-state index in [9.17, 15) is 9.59 Å². The Kier molecular flexibility index (Phi) is 7.09. The predicted octanol–water partition coefficient (Wildman–Crippen LogP) is 5.76. The zero-order valence-electron chi connectivity index (χ0n) is 18.6. The van der Waals surface area contributed by atoms with Gasteiger partial charge in [0.2, 0.25) is 0 Å². The van der Waals surface area contributed by atoms with Crippen LogP contribution >= 0.6 is 12.6 Å². The predicted molar refractivity (Wildman–Crippen MR) is 131 cm³/mol. The first kappa shape index (κ1) is 23.6. The number of thiol groups is 1. The Morgan fingerprint density at radius 1 is 0.812 bits per heavy atom. The van der Waals surface area contributed by atoms with Gasteiger partial charge in [-0.25, -0.2) is 4.79 Å². The van der Waals surface area contributed by atoms with Gasteiger partial charge in [0.05, 0.1) is 5.41 Å². The highest BCUT2D eigenvalue weighted by molar-refractivity contribution is 7.82. The lowest BCUT2D eigenvalue weighted by Crippen LogP contribution is -2.61. The molecule has 32 heavy (non-hydrogen) atoms. The van der Waals surface area contributed by atoms with Crippen LogP contribution in [0.4, 0.5) is 4.79 Å². The molecule has 0 aliphatic heterocycles. The fourth-order valence-electron chi connectivity index (χ4n) is 4.17. The van der Waals surface area contributed by atoms with E-state index in [-0.39, 0.29) is 6.42 Å². The number of nitrogens with one attached hydrogen (secondary N) is 1. The number of ether oxygens (including phenoxy) is 1. The molecular weight excluding hydrogens is 418 g/mol. The van der Waals surface area contributed by atoms with E-state index in [4.69, 9.17) is 17.4 Å². The summed E-state index contributed by atoms with van der Waals surface area (Å²) in [4.78, 5) is 23.6. The van der Waals surface area contributed by atoms with Crippen LogP contribution in [0.3, 0.4) is 0 Å². The van der Waals surface area contributed by atoms with Crippen molar-refractivity contribution in [3.8, 4) is 0 Å². The molecule has 3 aromatic rings. The highest BCUT2D eigenvalue weighted by atomic mass is 32.1. The van der Waals surface area contributed by atoms with Gasteiger partial charge in [-0.2, -0.15) is 0 Å². The normalized spacial score (nSPS) is 13.6. The summed E-state index contributed by atoms with van der Waals surface area (Å²) < 4.78 is 5.57. The van der Waals surface area contributed by atoms with Crippen LogP contribution in [0.5, 0.6) is 0 Å². The van der Waals surface area contributed by atoms with Crippen LogP contribution in [0, 0.1) is 0 Å². The molecule has 0 saturated carbocycles. The Morgan fingerprint density at radius 2 is 1.19 bits per heavy atom. The fourth-order valence-corrected chi connectivity index (χ4v) is 4.72. The van der Waals surface area contributed by atoms with Crippen molar-refractivity contribution in [1.29, 1.82) is 0 Å². The number of benzene rings is 3. The Labute approximate surface area is 195 Å². The first-order chi connectivity index (χ1) is 15.2. The largest absolute Gasteiger partial charge is 0.444 e. The maximum absolute atomic E-state index is 13.0. The van der Waals surface area contributed by atoms with Crippen molar-refractivity contribution < 1.29 is 14.3 Å². The standard InChI is InChI=1S/C27H29NO3S/c1-25(2,3)31-24(30)28-26(32,19-20-29)27(21-13-7-4-8-14-21,22-15-9-5-10-16-22)23-17-11-6-12-18-23/h4-18,20,32H,19H2,1-3H3,(H,28,30). The number of carbonyl (C=O) groups excluding carboxylic acids is 2. The third-order valence-corrected chi connectivity index (χ3v) is 5.96. The zero-order chi connectivity index (χ0) is 23.2. The number of amides is 1. The number of carbonyl (C=O) groups is 2. The van der Waals surface area contributed by atoms with Crippen LogP contribution in [0.1, 0.15) is 43.9 Å². The van der Waals surface area contributed by atoms with Gasteiger partial charge >= 0.3 is 6.09 Å². The highest BCUT2D eigenvalue weighted by Gasteiger charge is 2.54. The number of alkyl carbamates (subject to hydrolysis) is 1. The van der Waals surface area contributed by atoms with Crippen molar-refractivity contribution >= 4 is 25.0 Å². The van der Waals surface area contributed by atoms with Gasteiger partial charge < -0.3 is 14.8 Å². The average Bonchev–Trinajstić information content (AvgIpc) is 2.75. The minimum absolute atomic E-state index is 0.0476. The van der Waals surface area contributed by atoms with E-state index < -0.39 is 22.0 Å². The molecule has 3 rings (SSSR count). The molecule has 166 valence electrons. The lowest BCUT2D eigenvalue weighted by molar-refractivity contribution is -0.108. The van der Waals surface area contributed by atoms with Gasteiger partial charge in [-0.05, 0) is 37.5 Å². The summed E-state index contributed by atoms with van der Waals surface area (Å²) in [7, 11) is 0. The van der Waals surface area contributed by atoms with Crippen molar-refractivity contribution in [3.63, 3.8) is 0 Å². The van der Waals surface area contributed by atoms with Gasteiger partial charge in [-0.15, -0.1) is 12.6 Å². The lowest BCUT2D eigenvalue weighted by atomic mass is 9.63. The van der Waals surface area contributed by atoms with E-state index in [1.165, 1.54) is 0 Å². The van der Waals surface area contributed by atoms with Gasteiger partial charge in [0.15, 0.2) is 0 Å². The molecule has 0 fully saturated rings. The van der Waals surface area contributed by atoms with Gasteiger partial charge in [0, 0.05) is 6.42 Å². The SMILES string of the molecule is CC(C)(C)OC(=O)NC(S)(CC=O)C(c1ccccc1)(c1ccccc1)c1ccccc1. The number of aldehydes is 1. The molecule has 1 amide bonds. The molecule has 1 unspecified atom stereocenters. The summed E-state index contributed by atoms with van der Waals surface area (Å²) in [5, 5.41) is 2.96. The van der Waals surface area contributed by atoms with Crippen LogP contribution in [-0.2, 0) is 14.9 Å². The minimum atomic E-state index is -1.33. The van der Waals surface area contributed by atoms with E-state index in [1.54, 1.807) is 20.8 Å². The number of hydrogen-bond donors (Lipinski definition) is 2. The van der Waals surface area contributed by atoms with Crippen molar-refractivity contribution in [2.75, 3.05) is 0 Å². The second-order valence-electron chi connectivity index (χ2n) is 8.71. The molecule has 0 aliphatic rings. The summed E-state index contributed by atoms with van der Waals surface area (Å²) in [6.45, 7) is 5.39. The molecule has 0 aliphatic carbocycles. The second-order valence-corrected chi connectivity index (χ2v) is 9.47. The molecule has 1 atom stereocenters. The third-order valence-electron chi connectivity index (χ3n) is 5.33. The van der Waals surface area contributed by atoms with E-state index in [0.29, 0.717) is 0 Å². The molecule has 3 aromatic carbocycles. The molecule has 0 radical (unpaired) electrons. The maximum Gasteiger partial charge on any atom is 0.408 e. The van der Waals surface area contributed by atoms with Gasteiger partial charge in [0.25, 0.3) is 0 Å². The van der Waals surface area contributed by atoms with Crippen LogP contribution in [-0.4, -0.2) is 22.9 Å². The monoisotopic (exact) mass is 447 g/mol. The molecular formula is C27H29NO3S. The Balaban J connectivity index is 2.35. The van der Waals surface area contributed by atoms with Gasteiger partial charge in [-0.3, -0.25) is 0 Å². The first-order valence-electron chi connectivity index (χ1n) is 10.6. The van der Waals surface area contributed by atoms with Crippen LogP contribution in [0.15, 0.2) is 91.0 Å². The van der Waals surface area contributed by atoms with E-state index in [1.807, 2.05) is 91.0 Å². The van der Waals surface area contributed by atoms with Crippen molar-refractivity contribution in [1.82, 2.24) is 5.32 Å². The highest BCUT2D eigenvalue weighted by Crippen LogP contribution is 2.50. The summed E-state index contributed by atoms with van der Waals surface area (Å²) in [6, 6.07) is 29.4. The molecule has 4 nitrogen and oxygen atoms in total. The lowest BCUT2D eigenvalue weighted by Gasteiger charge is -2.49. The van der Waals surface area contributed by atoms with E-state index in [2.05, 4.69) is 5.32 Å². The maximum atomic E-state index is 13.0. The minimum Gasteiger partial charge on any atom is -0.444 e. The molecule has 1 N–H and O–H groups in total. The molecule has 0 bridgehead atoms. The van der Waals surface area contributed by atoms with Gasteiger partial charge in [-0.1, -0.05) is 91.0 Å². The van der Waals surface area contributed by atoms with Crippen molar-refractivity contribution in [2.24, 2.45) is 0 Å². The van der Waals surface area contributed by atoms with E-state index in [0.717, 1.165) is 23.0 Å². The third kappa shape index (κ3) is 4.73. The molecule has 0 heterocycles. The quantitative estimate of drug-likeness (QED) is 0.210. The summed E-state index contributed by atoms with van der Waals surface area (Å²) in [6.07, 6.45) is 0.101. The number of hydrogen-bond acceptors (Lipinski definition) is 4. The Bertz CT molecular complexity index is 936. The fraction of sp³-hybridized carbons (Fsp3) is 0.259. The average molecular weight is 448 g/mol. The van der Waals surface area contributed by atoms with Crippen molar-refractivity contribution in [3.05, 3.63) is 108 Å². The first-order valence-corrected chi connectivity index (χ1v) is 11.0. The smallest absolute Gasteiger partial charge is 0.408 e. The van der Waals surface area contributed by atoms with Crippen LogP contribution in [0.2, 0.25) is 0 Å². The summed E-state index contributed by atoms with van der Waals surface area (Å²) in [5.74, 6) is 0. The molecule has 5 heteroatoms. The Hall–Kier alpha value is -3.05. The topological polar surface area (TPSA) is 55.4 Å². The van der Waals surface area contributed by atoms with E-state index >= 15 is 0 Å². The Morgan fingerprint density at radius 3 is 1.50 bits per heavy atom. The molecule has 0 saturated heterocycles. The van der Waals surface area contributed by atoms with Crippen LogP contribution in [0.25, 0.3) is 0 Å². The summed E-state index contributed by atoms with van der Waals surface area (Å²) in [5.41, 5.74) is 0.993. The summed E-state index contributed by atoms with van der Waals surface area (Å²) >= 11 is 5.06. The second kappa shape index (κ2) is 9.61. The van der Waals surface area contributed by atoms with Gasteiger partial charge in [0.1, 0.15) is 16.8 Å². The van der Waals surface area contributed by atoms with Crippen molar-refractivity contribution in [2.45, 2.75) is 43.1 Å². The molecule has 0 aromatic heterocycles.